The summed E-state index contributed by atoms with van der Waals surface area (Å²) in [5.41, 5.74) is 1.25. The summed E-state index contributed by atoms with van der Waals surface area (Å²) in [5, 5.41) is 4.33. The number of carbonyl (C=O) groups excluding carboxylic acids is 1. The zero-order chi connectivity index (χ0) is 18.4. The number of aryl methyl sites for hydroxylation is 1. The van der Waals surface area contributed by atoms with Crippen molar-refractivity contribution in [1.82, 2.24) is 19.7 Å². The maximum Gasteiger partial charge on any atom is 0.317 e. The van der Waals surface area contributed by atoms with Gasteiger partial charge in [-0.15, -0.1) is 0 Å². The predicted octanol–water partition coefficient (Wildman–Crippen LogP) is 2.25. The largest absolute Gasteiger partial charge is 0.379 e. The lowest BCUT2D eigenvalue weighted by atomic mass is 10.1. The summed E-state index contributed by atoms with van der Waals surface area (Å²) in [6.45, 7) is 5.28. The van der Waals surface area contributed by atoms with Gasteiger partial charge in [0.15, 0.2) is 0 Å². The number of ether oxygens (including phenoxy) is 1. The Kier molecular flexibility index (Phi) is 6.52. The zero-order valence-electron chi connectivity index (χ0n) is 15.9. The smallest absolute Gasteiger partial charge is 0.317 e. The number of nitrogens with zero attached hydrogens (tertiary/aromatic N) is 3. The van der Waals surface area contributed by atoms with Crippen LogP contribution in [0.3, 0.4) is 0 Å². The fourth-order valence-corrected chi connectivity index (χ4v) is 3.58. The summed E-state index contributed by atoms with van der Waals surface area (Å²) in [6.07, 6.45) is 3.03. The molecule has 26 heavy (non-hydrogen) atoms. The monoisotopic (exact) mass is 358 g/mol. The van der Waals surface area contributed by atoms with E-state index in [0.29, 0.717) is 25.6 Å². The molecule has 1 aromatic heterocycles. The second kappa shape index (κ2) is 9.05. The van der Waals surface area contributed by atoms with Gasteiger partial charge in [0.05, 0.1) is 13.2 Å². The van der Waals surface area contributed by atoms with Gasteiger partial charge >= 0.3 is 6.03 Å². The van der Waals surface area contributed by atoms with Crippen LogP contribution in [0.1, 0.15) is 6.42 Å². The maximum absolute atomic E-state index is 12.5. The van der Waals surface area contributed by atoms with Gasteiger partial charge in [-0.1, -0.05) is 18.2 Å². The summed E-state index contributed by atoms with van der Waals surface area (Å²) in [7, 11) is 4.11. The van der Waals surface area contributed by atoms with E-state index in [-0.39, 0.29) is 6.03 Å². The number of carbonyl (C=O) groups is 1. The number of nitrogens with one attached hydrogen (secondary N) is 1. The first-order valence-electron chi connectivity index (χ1n) is 9.42. The predicted molar refractivity (Wildman–Crippen MR) is 104 cm³/mol. The first-order valence-corrected chi connectivity index (χ1v) is 9.42. The molecule has 1 aliphatic heterocycles. The van der Waals surface area contributed by atoms with Crippen molar-refractivity contribution in [3.8, 4) is 0 Å². The first-order chi connectivity index (χ1) is 12.6. The summed E-state index contributed by atoms with van der Waals surface area (Å²) in [6, 6.07) is 10.5. The summed E-state index contributed by atoms with van der Waals surface area (Å²) >= 11 is 0. The topological polar surface area (TPSA) is 49.7 Å². The number of fused-ring (bicyclic) bond motifs is 1. The first kappa shape index (κ1) is 18.7. The van der Waals surface area contributed by atoms with Crippen molar-refractivity contribution in [3.05, 3.63) is 36.5 Å². The molecule has 0 spiro atoms. The van der Waals surface area contributed by atoms with Gasteiger partial charge in [-0.3, -0.25) is 0 Å². The molecule has 1 aliphatic rings. The molecule has 0 radical (unpaired) electrons. The number of aromatic nitrogens is 1. The standard InChI is InChI=1S/C20H30N4O2/c1-22(2)14-17-15-24(12-13-26-16-17)20(25)21-9-5-10-23-11-8-18-6-3-4-7-19(18)23/h3-4,6-8,11,17H,5,9-10,12-16H2,1-2H3,(H,21,25). The third kappa shape index (κ3) is 4.99. The van der Waals surface area contributed by atoms with Gasteiger partial charge in [0.25, 0.3) is 0 Å². The van der Waals surface area contributed by atoms with Crippen molar-refractivity contribution >= 4 is 16.9 Å². The number of rotatable bonds is 6. The normalized spacial score (nSPS) is 18.3. The molecule has 6 heteroatoms. The van der Waals surface area contributed by atoms with Crippen LogP contribution in [0.15, 0.2) is 36.5 Å². The van der Waals surface area contributed by atoms with E-state index in [1.807, 2.05) is 4.90 Å². The maximum atomic E-state index is 12.5. The Balaban J connectivity index is 1.44. The van der Waals surface area contributed by atoms with E-state index in [4.69, 9.17) is 4.74 Å². The third-order valence-electron chi connectivity index (χ3n) is 4.78. The van der Waals surface area contributed by atoms with E-state index in [1.165, 1.54) is 10.9 Å². The van der Waals surface area contributed by atoms with E-state index < -0.39 is 0 Å². The molecule has 0 bridgehead atoms. The van der Waals surface area contributed by atoms with Crippen molar-refractivity contribution in [3.63, 3.8) is 0 Å². The SMILES string of the molecule is CN(C)CC1COCCN(C(=O)NCCCn2ccc3ccccc32)C1. The molecule has 1 atom stereocenters. The molecular weight excluding hydrogens is 328 g/mol. The molecule has 1 unspecified atom stereocenters. The van der Waals surface area contributed by atoms with Crippen LogP contribution >= 0.6 is 0 Å². The lowest BCUT2D eigenvalue weighted by molar-refractivity contribution is 0.112. The Morgan fingerprint density at radius 1 is 1.31 bits per heavy atom. The Bertz CT molecular complexity index is 713. The van der Waals surface area contributed by atoms with Crippen molar-refractivity contribution < 1.29 is 9.53 Å². The van der Waals surface area contributed by atoms with Crippen LogP contribution in [0.5, 0.6) is 0 Å². The van der Waals surface area contributed by atoms with Crippen LogP contribution in [0.2, 0.25) is 0 Å². The van der Waals surface area contributed by atoms with Gasteiger partial charge in [0.2, 0.25) is 0 Å². The third-order valence-corrected chi connectivity index (χ3v) is 4.78. The minimum Gasteiger partial charge on any atom is -0.379 e. The Morgan fingerprint density at radius 2 is 2.15 bits per heavy atom. The lowest BCUT2D eigenvalue weighted by Crippen LogP contribution is -2.44. The van der Waals surface area contributed by atoms with E-state index >= 15 is 0 Å². The molecule has 1 aromatic carbocycles. The van der Waals surface area contributed by atoms with E-state index in [0.717, 1.165) is 32.7 Å². The Labute approximate surface area is 155 Å². The summed E-state index contributed by atoms with van der Waals surface area (Å²) in [4.78, 5) is 16.5. The minimum atomic E-state index is 0.0246. The van der Waals surface area contributed by atoms with Crippen molar-refractivity contribution in [1.29, 1.82) is 0 Å². The molecule has 2 aromatic rings. The van der Waals surface area contributed by atoms with E-state index in [2.05, 4.69) is 65.4 Å². The van der Waals surface area contributed by atoms with Crippen molar-refractivity contribution in [2.24, 2.45) is 5.92 Å². The van der Waals surface area contributed by atoms with E-state index in [9.17, 15) is 4.79 Å². The number of hydrogen-bond donors (Lipinski definition) is 1. The van der Waals surface area contributed by atoms with Gasteiger partial charge in [0.1, 0.15) is 0 Å². The molecule has 0 saturated carbocycles. The molecule has 0 aliphatic carbocycles. The summed E-state index contributed by atoms with van der Waals surface area (Å²) in [5.74, 6) is 0.365. The van der Waals surface area contributed by atoms with Crippen molar-refractivity contribution in [2.45, 2.75) is 13.0 Å². The van der Waals surface area contributed by atoms with Crippen LogP contribution in [-0.4, -0.2) is 73.9 Å². The molecule has 2 heterocycles. The highest BCUT2D eigenvalue weighted by atomic mass is 16.5. The van der Waals surface area contributed by atoms with Gasteiger partial charge in [-0.05, 0) is 38.0 Å². The lowest BCUT2D eigenvalue weighted by Gasteiger charge is -2.25. The molecule has 3 rings (SSSR count). The average Bonchev–Trinajstić information content (AvgIpc) is 2.89. The highest BCUT2D eigenvalue weighted by Crippen LogP contribution is 2.15. The van der Waals surface area contributed by atoms with Crippen LogP contribution in [0.4, 0.5) is 4.79 Å². The number of urea groups is 1. The van der Waals surface area contributed by atoms with Gasteiger partial charge in [-0.25, -0.2) is 4.79 Å². The van der Waals surface area contributed by atoms with Gasteiger partial charge < -0.3 is 24.4 Å². The number of benzene rings is 1. The van der Waals surface area contributed by atoms with Crippen LogP contribution < -0.4 is 5.32 Å². The summed E-state index contributed by atoms with van der Waals surface area (Å²) < 4.78 is 7.90. The number of para-hydroxylation sites is 1. The molecule has 1 saturated heterocycles. The fraction of sp³-hybridized carbons (Fsp3) is 0.550. The second-order valence-corrected chi connectivity index (χ2v) is 7.30. The molecule has 6 nitrogen and oxygen atoms in total. The Hall–Kier alpha value is -2.05. The van der Waals surface area contributed by atoms with Crippen LogP contribution in [0, 0.1) is 5.92 Å². The highest BCUT2D eigenvalue weighted by Gasteiger charge is 2.22. The van der Waals surface area contributed by atoms with Crippen LogP contribution in [-0.2, 0) is 11.3 Å². The number of hydrogen-bond acceptors (Lipinski definition) is 3. The zero-order valence-corrected chi connectivity index (χ0v) is 15.9. The van der Waals surface area contributed by atoms with Gasteiger partial charge in [0, 0.05) is 50.4 Å². The number of amides is 2. The molecular formula is C20H30N4O2. The molecule has 142 valence electrons. The highest BCUT2D eigenvalue weighted by molar-refractivity contribution is 5.79. The fourth-order valence-electron chi connectivity index (χ4n) is 3.58. The van der Waals surface area contributed by atoms with Gasteiger partial charge in [-0.2, -0.15) is 0 Å². The Morgan fingerprint density at radius 3 is 3.00 bits per heavy atom. The quantitative estimate of drug-likeness (QED) is 0.806. The average molecular weight is 358 g/mol. The van der Waals surface area contributed by atoms with E-state index in [1.54, 1.807) is 0 Å². The molecule has 1 N–H and O–H groups in total. The van der Waals surface area contributed by atoms with Crippen LogP contribution in [0.25, 0.3) is 10.9 Å². The molecule has 2 amide bonds. The minimum absolute atomic E-state index is 0.0246. The molecule has 1 fully saturated rings. The van der Waals surface area contributed by atoms with Crippen molar-refractivity contribution in [2.75, 3.05) is 53.5 Å². The second-order valence-electron chi connectivity index (χ2n) is 7.30.